The van der Waals surface area contributed by atoms with Gasteiger partial charge in [0, 0.05) is 23.4 Å². The molecule has 84 valence electrons. The lowest BCUT2D eigenvalue weighted by atomic mass is 10.1. The fourth-order valence-corrected chi connectivity index (χ4v) is 2.42. The molecule has 2 aromatic rings. The van der Waals surface area contributed by atoms with Crippen LogP contribution in [-0.2, 0) is 12.8 Å². The minimum atomic E-state index is 0.307. The Balaban J connectivity index is 2.20. The minimum Gasteiger partial charge on any atom is -0.508 e. The van der Waals surface area contributed by atoms with Gasteiger partial charge in [0.15, 0.2) is 0 Å². The van der Waals surface area contributed by atoms with Crippen LogP contribution >= 0.6 is 0 Å². The second-order valence-electron chi connectivity index (χ2n) is 4.49. The van der Waals surface area contributed by atoms with Crippen LogP contribution in [0.4, 0.5) is 0 Å². The molecule has 0 amide bonds. The molecular formula is C13H15NO2. The zero-order chi connectivity index (χ0) is 11.1. The van der Waals surface area contributed by atoms with Gasteiger partial charge in [-0.15, -0.1) is 0 Å². The van der Waals surface area contributed by atoms with E-state index in [1.807, 2.05) is 6.07 Å². The third kappa shape index (κ3) is 1.48. The average Bonchev–Trinajstić information content (AvgIpc) is 2.46. The summed E-state index contributed by atoms with van der Waals surface area (Å²) in [7, 11) is 0. The summed E-state index contributed by atoms with van der Waals surface area (Å²) in [6.07, 6.45) is 1.89. The van der Waals surface area contributed by atoms with Crippen LogP contribution in [0.1, 0.15) is 18.2 Å². The standard InChI is InChI=1S/C13H15NO2/c1-8-6-13-10(4-5-14-8)11-7-9(15)2-3-12(11)16-13/h2-3,7-8,14-15H,4-6H2,1H3. The molecule has 1 aromatic carbocycles. The monoisotopic (exact) mass is 217 g/mol. The number of phenolic OH excluding ortho intramolecular Hbond substituents is 1. The van der Waals surface area contributed by atoms with E-state index in [2.05, 4.69) is 12.2 Å². The van der Waals surface area contributed by atoms with Crippen molar-refractivity contribution in [2.75, 3.05) is 6.54 Å². The lowest BCUT2D eigenvalue weighted by Crippen LogP contribution is -2.27. The van der Waals surface area contributed by atoms with Crippen molar-refractivity contribution in [1.29, 1.82) is 0 Å². The predicted molar refractivity (Wildman–Crippen MR) is 62.8 cm³/mol. The number of hydrogen-bond donors (Lipinski definition) is 2. The number of rotatable bonds is 0. The Morgan fingerprint density at radius 2 is 2.31 bits per heavy atom. The van der Waals surface area contributed by atoms with Gasteiger partial charge in [0.1, 0.15) is 17.1 Å². The van der Waals surface area contributed by atoms with Gasteiger partial charge in [-0.1, -0.05) is 0 Å². The topological polar surface area (TPSA) is 45.4 Å². The van der Waals surface area contributed by atoms with Crippen molar-refractivity contribution >= 4 is 11.0 Å². The molecule has 16 heavy (non-hydrogen) atoms. The summed E-state index contributed by atoms with van der Waals surface area (Å²) in [5, 5.41) is 14.0. The second-order valence-corrected chi connectivity index (χ2v) is 4.49. The maximum absolute atomic E-state index is 9.52. The van der Waals surface area contributed by atoms with Crippen LogP contribution in [0.15, 0.2) is 22.6 Å². The molecule has 1 atom stereocenters. The zero-order valence-corrected chi connectivity index (χ0v) is 9.29. The molecule has 1 aliphatic rings. The summed E-state index contributed by atoms with van der Waals surface area (Å²) in [5.74, 6) is 1.37. The van der Waals surface area contributed by atoms with Crippen LogP contribution in [-0.4, -0.2) is 17.7 Å². The molecule has 2 N–H and O–H groups in total. The SMILES string of the molecule is CC1Cc2oc3ccc(O)cc3c2CCN1. The highest BCUT2D eigenvalue weighted by atomic mass is 16.3. The van der Waals surface area contributed by atoms with Crippen molar-refractivity contribution in [2.24, 2.45) is 0 Å². The highest BCUT2D eigenvalue weighted by molar-refractivity contribution is 5.83. The van der Waals surface area contributed by atoms with E-state index in [-0.39, 0.29) is 0 Å². The van der Waals surface area contributed by atoms with Gasteiger partial charge in [0.2, 0.25) is 0 Å². The van der Waals surface area contributed by atoms with E-state index in [1.54, 1.807) is 12.1 Å². The van der Waals surface area contributed by atoms with E-state index >= 15 is 0 Å². The van der Waals surface area contributed by atoms with E-state index < -0.39 is 0 Å². The van der Waals surface area contributed by atoms with Crippen molar-refractivity contribution < 1.29 is 9.52 Å². The van der Waals surface area contributed by atoms with Crippen molar-refractivity contribution in [3.63, 3.8) is 0 Å². The molecule has 1 aromatic heterocycles. The number of phenols is 1. The quantitative estimate of drug-likeness (QED) is 0.711. The van der Waals surface area contributed by atoms with Crippen LogP contribution in [0.3, 0.4) is 0 Å². The Morgan fingerprint density at radius 3 is 3.19 bits per heavy atom. The Morgan fingerprint density at radius 1 is 1.44 bits per heavy atom. The largest absolute Gasteiger partial charge is 0.508 e. The summed E-state index contributed by atoms with van der Waals surface area (Å²) >= 11 is 0. The van der Waals surface area contributed by atoms with Gasteiger partial charge in [-0.3, -0.25) is 0 Å². The van der Waals surface area contributed by atoms with Crippen LogP contribution in [0.5, 0.6) is 5.75 Å². The van der Waals surface area contributed by atoms with Crippen LogP contribution < -0.4 is 5.32 Å². The average molecular weight is 217 g/mol. The summed E-state index contributed by atoms with van der Waals surface area (Å²) in [5.41, 5.74) is 2.14. The van der Waals surface area contributed by atoms with E-state index in [9.17, 15) is 5.11 Å². The van der Waals surface area contributed by atoms with Crippen LogP contribution in [0, 0.1) is 0 Å². The fourth-order valence-electron chi connectivity index (χ4n) is 2.42. The van der Waals surface area contributed by atoms with E-state index in [4.69, 9.17) is 4.42 Å². The van der Waals surface area contributed by atoms with Gasteiger partial charge in [-0.05, 0) is 38.1 Å². The molecule has 0 radical (unpaired) electrons. The summed E-state index contributed by atoms with van der Waals surface area (Å²) in [6, 6.07) is 5.77. The highest BCUT2D eigenvalue weighted by Crippen LogP contribution is 2.30. The van der Waals surface area contributed by atoms with Gasteiger partial charge >= 0.3 is 0 Å². The third-order valence-electron chi connectivity index (χ3n) is 3.22. The Bertz CT molecular complexity index is 530. The van der Waals surface area contributed by atoms with Gasteiger partial charge in [0.25, 0.3) is 0 Å². The Hall–Kier alpha value is -1.48. The fraction of sp³-hybridized carbons (Fsp3) is 0.385. The molecule has 0 bridgehead atoms. The van der Waals surface area contributed by atoms with Gasteiger partial charge in [-0.25, -0.2) is 0 Å². The molecule has 0 aliphatic carbocycles. The lowest BCUT2D eigenvalue weighted by Gasteiger charge is -2.07. The smallest absolute Gasteiger partial charge is 0.134 e. The number of furan rings is 1. The number of fused-ring (bicyclic) bond motifs is 3. The first kappa shape index (κ1) is 9.73. The lowest BCUT2D eigenvalue weighted by molar-refractivity contribution is 0.474. The molecule has 3 nitrogen and oxygen atoms in total. The molecule has 0 saturated carbocycles. The van der Waals surface area contributed by atoms with Crippen molar-refractivity contribution in [3.8, 4) is 5.75 Å². The molecule has 0 saturated heterocycles. The number of aromatic hydroxyl groups is 1. The molecule has 0 fully saturated rings. The van der Waals surface area contributed by atoms with Gasteiger partial charge in [0.05, 0.1) is 0 Å². The summed E-state index contributed by atoms with van der Waals surface area (Å²) < 4.78 is 5.84. The zero-order valence-electron chi connectivity index (χ0n) is 9.29. The number of hydrogen-bond acceptors (Lipinski definition) is 3. The van der Waals surface area contributed by atoms with Crippen molar-refractivity contribution in [1.82, 2.24) is 5.32 Å². The molecule has 1 unspecified atom stereocenters. The summed E-state index contributed by atoms with van der Waals surface area (Å²) in [4.78, 5) is 0. The van der Waals surface area contributed by atoms with Crippen molar-refractivity contribution in [2.45, 2.75) is 25.8 Å². The first-order chi connectivity index (χ1) is 7.74. The molecule has 1 aliphatic heterocycles. The van der Waals surface area contributed by atoms with E-state index in [0.717, 1.165) is 36.1 Å². The predicted octanol–water partition coefficient (Wildman–Crippen LogP) is 2.22. The first-order valence-corrected chi connectivity index (χ1v) is 5.70. The Labute approximate surface area is 94.1 Å². The van der Waals surface area contributed by atoms with Gasteiger partial charge in [-0.2, -0.15) is 0 Å². The maximum Gasteiger partial charge on any atom is 0.134 e. The molecule has 3 heteroatoms. The molecule has 2 heterocycles. The second kappa shape index (κ2) is 3.52. The maximum atomic E-state index is 9.52. The van der Waals surface area contributed by atoms with E-state index in [0.29, 0.717) is 11.8 Å². The molecule has 0 spiro atoms. The summed E-state index contributed by atoms with van der Waals surface area (Å²) in [6.45, 7) is 3.14. The normalized spacial score (nSPS) is 20.7. The van der Waals surface area contributed by atoms with Crippen molar-refractivity contribution in [3.05, 3.63) is 29.5 Å². The third-order valence-corrected chi connectivity index (χ3v) is 3.22. The highest BCUT2D eigenvalue weighted by Gasteiger charge is 2.19. The molecule has 3 rings (SSSR count). The van der Waals surface area contributed by atoms with Crippen LogP contribution in [0.2, 0.25) is 0 Å². The minimum absolute atomic E-state index is 0.307. The van der Waals surface area contributed by atoms with Crippen LogP contribution in [0.25, 0.3) is 11.0 Å². The molecular weight excluding hydrogens is 202 g/mol. The number of nitrogens with one attached hydrogen (secondary N) is 1. The van der Waals surface area contributed by atoms with E-state index in [1.165, 1.54) is 5.56 Å². The Kier molecular flexibility index (Phi) is 2.14. The first-order valence-electron chi connectivity index (χ1n) is 5.70. The van der Waals surface area contributed by atoms with Gasteiger partial charge < -0.3 is 14.8 Å². The number of benzene rings is 1.